The molecule has 0 aliphatic carbocycles. The second kappa shape index (κ2) is 14.1. The molecule has 0 saturated carbocycles. The van der Waals surface area contributed by atoms with E-state index in [0.29, 0.717) is 43.6 Å². The number of pyridine rings is 1. The van der Waals surface area contributed by atoms with Gasteiger partial charge in [-0.25, -0.2) is 9.97 Å². The normalized spacial score (nSPS) is 13.8. The van der Waals surface area contributed by atoms with Crippen LogP contribution in [0.4, 0.5) is 42.0 Å². The van der Waals surface area contributed by atoms with Crippen LogP contribution in [0.2, 0.25) is 0 Å². The van der Waals surface area contributed by atoms with Crippen LogP contribution in [0.25, 0.3) is 0 Å². The quantitative estimate of drug-likeness (QED) is 0.274. The molecule has 1 atom stereocenters. The lowest BCUT2D eigenvalue weighted by Gasteiger charge is -2.35. The molecule has 244 valence electrons. The van der Waals surface area contributed by atoms with Crippen molar-refractivity contribution in [3.63, 3.8) is 0 Å². The van der Waals surface area contributed by atoms with Gasteiger partial charge < -0.3 is 35.2 Å². The average molecular weight is 643 g/mol. The molecule has 3 aromatic rings. The van der Waals surface area contributed by atoms with Crippen molar-refractivity contribution in [1.29, 1.82) is 0 Å². The maximum Gasteiger partial charge on any atom is 0.421 e. The first-order chi connectivity index (χ1) is 21.8. The monoisotopic (exact) mass is 642 g/mol. The maximum absolute atomic E-state index is 14.0. The Morgan fingerprint density at radius 2 is 1.70 bits per heavy atom. The van der Waals surface area contributed by atoms with E-state index >= 15 is 0 Å². The van der Waals surface area contributed by atoms with Crippen LogP contribution in [-0.4, -0.2) is 81.9 Å². The van der Waals surface area contributed by atoms with Crippen LogP contribution in [0.3, 0.4) is 0 Å². The van der Waals surface area contributed by atoms with Crippen molar-refractivity contribution >= 4 is 46.5 Å². The smallest absolute Gasteiger partial charge is 0.421 e. The van der Waals surface area contributed by atoms with Gasteiger partial charge in [0.1, 0.15) is 17.1 Å². The van der Waals surface area contributed by atoms with E-state index in [2.05, 4.69) is 37.5 Å². The number of ether oxygens (including phenoxy) is 2. The van der Waals surface area contributed by atoms with Crippen LogP contribution in [0, 0.1) is 6.92 Å². The number of hydrogen-bond acceptors (Lipinski definition) is 10. The highest BCUT2D eigenvalue weighted by Crippen LogP contribution is 2.38. The summed E-state index contributed by atoms with van der Waals surface area (Å²) in [6.45, 7) is 9.69. The number of nitrogens with one attached hydrogen (secondary N) is 3. The van der Waals surface area contributed by atoms with Gasteiger partial charge in [0, 0.05) is 57.6 Å². The van der Waals surface area contributed by atoms with Crippen molar-refractivity contribution in [3.05, 3.63) is 60.4 Å². The highest BCUT2D eigenvalue weighted by atomic mass is 19.4. The second-order valence-electron chi connectivity index (χ2n) is 10.2. The Hall–Kier alpha value is -5.41. The number of rotatable bonds is 10. The molecule has 0 unspecified atom stereocenters. The van der Waals surface area contributed by atoms with Crippen LogP contribution in [0.5, 0.6) is 11.6 Å². The molecular formula is C30H33F3N8O5. The Labute approximate surface area is 262 Å². The first-order valence-corrected chi connectivity index (χ1v) is 14.1. The summed E-state index contributed by atoms with van der Waals surface area (Å²) < 4.78 is 53.0. The minimum absolute atomic E-state index is 0.0353. The Morgan fingerprint density at radius 1 is 1.00 bits per heavy atom. The third-order valence-electron chi connectivity index (χ3n) is 7.01. The lowest BCUT2D eigenvalue weighted by molar-refractivity contribution is -0.143. The van der Waals surface area contributed by atoms with Gasteiger partial charge in [0.25, 0.3) is 5.91 Å². The Morgan fingerprint density at radius 3 is 2.33 bits per heavy atom. The molecule has 1 aromatic carbocycles. The van der Waals surface area contributed by atoms with Crippen molar-refractivity contribution < 1.29 is 37.0 Å². The number of amides is 3. The lowest BCUT2D eigenvalue weighted by Crippen LogP contribution is -2.52. The number of benzene rings is 1. The molecule has 3 N–H and O–H groups in total. The van der Waals surface area contributed by atoms with Gasteiger partial charge in [-0.2, -0.15) is 18.2 Å². The lowest BCUT2D eigenvalue weighted by atomic mass is 10.2. The number of carbonyl (C=O) groups is 3. The predicted octanol–water partition coefficient (Wildman–Crippen LogP) is 4.28. The highest BCUT2D eigenvalue weighted by molar-refractivity contribution is 6.01. The largest absolute Gasteiger partial charge is 0.481 e. The van der Waals surface area contributed by atoms with E-state index in [1.54, 1.807) is 29.7 Å². The highest BCUT2D eigenvalue weighted by Gasteiger charge is 2.36. The van der Waals surface area contributed by atoms with E-state index in [4.69, 9.17) is 9.47 Å². The van der Waals surface area contributed by atoms with Crippen LogP contribution in [0.1, 0.15) is 25.0 Å². The summed E-state index contributed by atoms with van der Waals surface area (Å²) in [7, 11) is 1.42. The molecule has 2 aromatic heterocycles. The fourth-order valence-electron chi connectivity index (χ4n) is 4.49. The van der Waals surface area contributed by atoms with Gasteiger partial charge in [-0.1, -0.05) is 6.58 Å². The Kier molecular flexibility index (Phi) is 10.3. The molecule has 1 fully saturated rings. The number of methoxy groups -OCH3 is 1. The second-order valence-corrected chi connectivity index (χ2v) is 10.2. The predicted molar refractivity (Wildman–Crippen MR) is 163 cm³/mol. The molecule has 0 spiro atoms. The topological polar surface area (TPSA) is 151 Å². The Balaban J connectivity index is 1.60. The van der Waals surface area contributed by atoms with Crippen LogP contribution >= 0.6 is 0 Å². The summed E-state index contributed by atoms with van der Waals surface area (Å²) in [5, 5.41) is 8.07. The molecule has 0 bridgehead atoms. The van der Waals surface area contributed by atoms with E-state index < -0.39 is 29.6 Å². The summed E-state index contributed by atoms with van der Waals surface area (Å²) in [6.07, 6.45) is -2.62. The molecular weight excluding hydrogens is 609 g/mol. The number of aromatic nitrogens is 3. The number of anilines is 5. The van der Waals surface area contributed by atoms with Crippen molar-refractivity contribution in [2.45, 2.75) is 33.1 Å². The summed E-state index contributed by atoms with van der Waals surface area (Å²) in [5.74, 6) is -1.33. The number of nitrogens with zero attached hydrogens (tertiary/aromatic N) is 5. The van der Waals surface area contributed by atoms with Crippen molar-refractivity contribution in [2.24, 2.45) is 0 Å². The van der Waals surface area contributed by atoms with Gasteiger partial charge in [-0.15, -0.1) is 0 Å². The number of carbonyl (C=O) groups excluding carboxylic acids is 3. The molecule has 3 heterocycles. The molecule has 1 aliphatic rings. The SMILES string of the molecule is C=CC(=O)Nc1cc(O[C@H](C)C(=O)N2CCN(C(C)=O)CC2)ccc1Nc1nc(Nc2cc(OC)ncc2C)ncc1C(F)(F)F. The van der Waals surface area contributed by atoms with Gasteiger partial charge in [-0.05, 0) is 37.6 Å². The average Bonchev–Trinajstić information content (AvgIpc) is 3.02. The van der Waals surface area contributed by atoms with Gasteiger partial charge >= 0.3 is 6.18 Å². The standard InChI is InChI=1S/C30H33F3N8O5/c1-6-25(43)36-24-13-20(46-18(3)28(44)41-11-9-40(10-12-41)19(4)42)7-8-22(24)37-27-21(30(31,32)33)16-35-29(39-27)38-23-14-26(45-5)34-15-17(23)2/h6-8,13-16,18H,1,9-12H2,2-5H3,(H,36,43)(H2,34,35,37,38,39)/t18-/m1/s1. The summed E-state index contributed by atoms with van der Waals surface area (Å²) in [4.78, 5) is 52.1. The zero-order valence-electron chi connectivity index (χ0n) is 25.6. The van der Waals surface area contributed by atoms with E-state index in [1.165, 1.54) is 38.4 Å². The maximum atomic E-state index is 14.0. The first kappa shape index (κ1) is 33.5. The molecule has 46 heavy (non-hydrogen) atoms. The van der Waals surface area contributed by atoms with E-state index in [9.17, 15) is 27.6 Å². The molecule has 0 radical (unpaired) electrons. The number of piperazine rings is 1. The first-order valence-electron chi connectivity index (χ1n) is 14.1. The fraction of sp³-hybridized carbons (Fsp3) is 0.333. The zero-order valence-corrected chi connectivity index (χ0v) is 25.6. The summed E-state index contributed by atoms with van der Waals surface area (Å²) in [6, 6.07) is 5.72. The van der Waals surface area contributed by atoms with Gasteiger partial charge in [0.05, 0.1) is 24.2 Å². The van der Waals surface area contributed by atoms with E-state index in [0.717, 1.165) is 6.08 Å². The molecule has 1 saturated heterocycles. The number of aryl methyl sites for hydroxylation is 1. The minimum atomic E-state index is -4.82. The summed E-state index contributed by atoms with van der Waals surface area (Å²) >= 11 is 0. The molecule has 3 amide bonds. The third kappa shape index (κ3) is 8.19. The Bertz CT molecular complexity index is 1630. The minimum Gasteiger partial charge on any atom is -0.481 e. The van der Waals surface area contributed by atoms with Crippen LogP contribution in [-0.2, 0) is 20.6 Å². The van der Waals surface area contributed by atoms with Crippen molar-refractivity contribution in [2.75, 3.05) is 49.2 Å². The van der Waals surface area contributed by atoms with Gasteiger partial charge in [0.2, 0.25) is 23.6 Å². The number of alkyl halides is 3. The number of hydrogen-bond donors (Lipinski definition) is 3. The van der Waals surface area contributed by atoms with E-state index in [-0.39, 0.29) is 40.8 Å². The van der Waals surface area contributed by atoms with Crippen LogP contribution < -0.4 is 25.4 Å². The molecule has 4 rings (SSSR count). The van der Waals surface area contributed by atoms with E-state index in [1.807, 2.05) is 0 Å². The zero-order chi connectivity index (χ0) is 33.6. The van der Waals surface area contributed by atoms with Gasteiger partial charge in [-0.3, -0.25) is 14.4 Å². The molecule has 1 aliphatic heterocycles. The fourth-order valence-corrected chi connectivity index (χ4v) is 4.49. The summed E-state index contributed by atoms with van der Waals surface area (Å²) in [5.41, 5.74) is 0.0385. The van der Waals surface area contributed by atoms with Gasteiger partial charge in [0.15, 0.2) is 6.10 Å². The van der Waals surface area contributed by atoms with Crippen LogP contribution in [0.15, 0.2) is 49.3 Å². The number of halogens is 3. The van der Waals surface area contributed by atoms with Crippen molar-refractivity contribution in [3.8, 4) is 11.6 Å². The third-order valence-corrected chi connectivity index (χ3v) is 7.01. The molecule has 16 heteroatoms. The van der Waals surface area contributed by atoms with Crippen molar-refractivity contribution in [1.82, 2.24) is 24.8 Å². The molecule has 13 nitrogen and oxygen atoms in total.